The van der Waals surface area contributed by atoms with Crippen LogP contribution in [0.15, 0.2) is 39.7 Å². The average molecular weight is 335 g/mol. The van der Waals surface area contributed by atoms with E-state index in [1.165, 1.54) is 6.20 Å². The van der Waals surface area contributed by atoms with Crippen LogP contribution in [0.3, 0.4) is 0 Å². The van der Waals surface area contributed by atoms with Crippen molar-refractivity contribution in [3.8, 4) is 5.75 Å². The van der Waals surface area contributed by atoms with Gasteiger partial charge < -0.3 is 15.0 Å². The van der Waals surface area contributed by atoms with E-state index in [1.807, 2.05) is 0 Å². The van der Waals surface area contributed by atoms with Gasteiger partial charge in [0.1, 0.15) is 11.4 Å². The summed E-state index contributed by atoms with van der Waals surface area (Å²) in [5.74, 6) is 0.505. The van der Waals surface area contributed by atoms with Gasteiger partial charge in [-0.1, -0.05) is 0 Å². The minimum atomic E-state index is -0.342. The third-order valence-corrected chi connectivity index (χ3v) is 3.53. The van der Waals surface area contributed by atoms with Gasteiger partial charge in [-0.2, -0.15) is 0 Å². The molecule has 0 aliphatic carbocycles. The van der Waals surface area contributed by atoms with Crippen LogP contribution in [-0.4, -0.2) is 17.5 Å². The monoisotopic (exact) mass is 334 g/mol. The fourth-order valence-corrected chi connectivity index (χ4v) is 2.42. The quantitative estimate of drug-likeness (QED) is 0.885. The maximum atomic E-state index is 12.2. The number of nitrogens with one attached hydrogen (secondary N) is 2. The van der Waals surface area contributed by atoms with Gasteiger partial charge in [0.2, 0.25) is 0 Å². The van der Waals surface area contributed by atoms with Crippen molar-refractivity contribution in [3.63, 3.8) is 0 Å². The Kier molecular flexibility index (Phi) is 3.31. The van der Waals surface area contributed by atoms with Crippen molar-refractivity contribution in [3.05, 3.63) is 56.4 Å². The van der Waals surface area contributed by atoms with Crippen molar-refractivity contribution in [2.45, 2.75) is 6.42 Å². The van der Waals surface area contributed by atoms with E-state index in [1.54, 1.807) is 24.3 Å². The van der Waals surface area contributed by atoms with Gasteiger partial charge in [-0.15, -0.1) is 0 Å². The third kappa shape index (κ3) is 2.46. The molecule has 102 valence electrons. The number of ether oxygens (including phenoxy) is 1. The summed E-state index contributed by atoms with van der Waals surface area (Å²) >= 11 is 3.25. The number of aromatic nitrogens is 1. The summed E-state index contributed by atoms with van der Waals surface area (Å²) in [6.45, 7) is 0.645. The lowest BCUT2D eigenvalue weighted by molar-refractivity contribution is 0.102. The Morgan fingerprint density at radius 3 is 3.05 bits per heavy atom. The molecule has 0 bridgehead atoms. The SMILES string of the molecule is O=C(Nc1cc(Br)c[nH]c1=O)c1ccc2c(c1)CCO2. The molecular weight excluding hydrogens is 324 g/mol. The first-order valence-corrected chi connectivity index (χ1v) is 6.88. The first kappa shape index (κ1) is 12.9. The normalized spacial score (nSPS) is 12.7. The van der Waals surface area contributed by atoms with Crippen molar-refractivity contribution in [2.75, 3.05) is 11.9 Å². The Morgan fingerprint density at radius 1 is 1.35 bits per heavy atom. The van der Waals surface area contributed by atoms with E-state index in [9.17, 15) is 9.59 Å². The second-order valence-electron chi connectivity index (χ2n) is 4.44. The Balaban J connectivity index is 1.86. The second kappa shape index (κ2) is 5.13. The third-order valence-electron chi connectivity index (χ3n) is 3.07. The number of rotatable bonds is 2. The van der Waals surface area contributed by atoms with Gasteiger partial charge in [-0.25, -0.2) is 0 Å². The van der Waals surface area contributed by atoms with Gasteiger partial charge in [0.15, 0.2) is 0 Å². The van der Waals surface area contributed by atoms with Gasteiger partial charge >= 0.3 is 0 Å². The molecule has 0 spiro atoms. The number of benzene rings is 1. The van der Waals surface area contributed by atoms with Gasteiger partial charge in [0, 0.05) is 22.7 Å². The maximum absolute atomic E-state index is 12.2. The van der Waals surface area contributed by atoms with Crippen molar-refractivity contribution in [1.29, 1.82) is 0 Å². The molecule has 3 rings (SSSR count). The number of anilines is 1. The zero-order valence-electron chi connectivity index (χ0n) is 10.4. The van der Waals surface area contributed by atoms with Gasteiger partial charge in [-0.3, -0.25) is 9.59 Å². The summed E-state index contributed by atoms with van der Waals surface area (Å²) in [4.78, 5) is 26.3. The molecule has 0 saturated heterocycles. The van der Waals surface area contributed by atoms with Crippen LogP contribution >= 0.6 is 15.9 Å². The number of H-pyrrole nitrogens is 1. The van der Waals surface area contributed by atoms with Crippen molar-refractivity contribution in [1.82, 2.24) is 4.98 Å². The van der Waals surface area contributed by atoms with Crippen LogP contribution < -0.4 is 15.6 Å². The van der Waals surface area contributed by atoms with Crippen LogP contribution in [0, 0.1) is 0 Å². The number of halogens is 1. The Labute approximate surface area is 123 Å². The van der Waals surface area contributed by atoms with Crippen LogP contribution in [0.2, 0.25) is 0 Å². The summed E-state index contributed by atoms with van der Waals surface area (Å²) in [7, 11) is 0. The molecule has 5 nitrogen and oxygen atoms in total. The highest BCUT2D eigenvalue weighted by Crippen LogP contribution is 2.26. The van der Waals surface area contributed by atoms with E-state index in [4.69, 9.17) is 4.74 Å². The highest BCUT2D eigenvalue weighted by Gasteiger charge is 2.15. The Bertz CT molecular complexity index is 739. The molecule has 2 N–H and O–H groups in total. The smallest absolute Gasteiger partial charge is 0.271 e. The number of fused-ring (bicyclic) bond motifs is 1. The number of pyridine rings is 1. The Hall–Kier alpha value is -2.08. The van der Waals surface area contributed by atoms with Gasteiger partial charge in [0.05, 0.1) is 6.61 Å². The van der Waals surface area contributed by atoms with E-state index >= 15 is 0 Å². The minimum absolute atomic E-state index is 0.209. The topological polar surface area (TPSA) is 71.2 Å². The molecule has 1 aliphatic heterocycles. The molecule has 1 aliphatic rings. The molecule has 1 aromatic heterocycles. The molecule has 6 heteroatoms. The standard InChI is InChI=1S/C14H11BrN2O3/c15-10-6-11(14(19)16-7-10)17-13(18)9-1-2-12-8(5-9)3-4-20-12/h1-2,5-7H,3-4H2,(H,16,19)(H,17,18). The van der Waals surface area contributed by atoms with Crippen LogP contribution in [0.1, 0.15) is 15.9 Å². The lowest BCUT2D eigenvalue weighted by Gasteiger charge is -2.06. The summed E-state index contributed by atoms with van der Waals surface area (Å²) in [5, 5.41) is 2.60. The molecule has 1 amide bonds. The first-order valence-electron chi connectivity index (χ1n) is 6.09. The summed E-state index contributed by atoms with van der Waals surface area (Å²) in [6.07, 6.45) is 2.32. The fraction of sp³-hybridized carbons (Fsp3) is 0.143. The first-order chi connectivity index (χ1) is 9.63. The predicted octanol–water partition coefficient (Wildman–Crippen LogP) is 2.32. The van der Waals surface area contributed by atoms with Gasteiger partial charge in [-0.05, 0) is 45.8 Å². The number of hydrogen-bond acceptors (Lipinski definition) is 3. The van der Waals surface area contributed by atoms with Crippen LogP contribution in [0.4, 0.5) is 5.69 Å². The number of amides is 1. The molecule has 2 aromatic rings. The number of carbonyl (C=O) groups excluding carboxylic acids is 1. The highest BCUT2D eigenvalue weighted by molar-refractivity contribution is 9.10. The van der Waals surface area contributed by atoms with Crippen molar-refractivity contribution >= 4 is 27.5 Å². The molecule has 0 unspecified atom stereocenters. The second-order valence-corrected chi connectivity index (χ2v) is 5.35. The number of aromatic amines is 1. The molecule has 0 saturated carbocycles. The lowest BCUT2D eigenvalue weighted by atomic mass is 10.1. The van der Waals surface area contributed by atoms with Gasteiger partial charge in [0.25, 0.3) is 11.5 Å². The number of carbonyl (C=O) groups is 1. The van der Waals surface area contributed by atoms with E-state index < -0.39 is 0 Å². The van der Waals surface area contributed by atoms with E-state index in [0.717, 1.165) is 17.7 Å². The molecule has 0 radical (unpaired) electrons. The summed E-state index contributed by atoms with van der Waals surface area (Å²) in [5.41, 5.74) is 1.39. The van der Waals surface area contributed by atoms with Crippen molar-refractivity contribution in [2.24, 2.45) is 0 Å². The van der Waals surface area contributed by atoms with Crippen molar-refractivity contribution < 1.29 is 9.53 Å². The Morgan fingerprint density at radius 2 is 2.20 bits per heavy atom. The molecule has 1 aromatic carbocycles. The zero-order chi connectivity index (χ0) is 14.1. The van der Waals surface area contributed by atoms with Crippen LogP contribution in [0.5, 0.6) is 5.75 Å². The van der Waals surface area contributed by atoms with Crippen LogP contribution in [-0.2, 0) is 6.42 Å². The van der Waals surface area contributed by atoms with E-state index in [0.29, 0.717) is 16.6 Å². The predicted molar refractivity (Wildman–Crippen MR) is 78.4 cm³/mol. The molecule has 0 atom stereocenters. The minimum Gasteiger partial charge on any atom is -0.493 e. The molecule has 0 fully saturated rings. The number of hydrogen-bond donors (Lipinski definition) is 2. The summed E-state index contributed by atoms with van der Waals surface area (Å²) in [6, 6.07) is 6.82. The lowest BCUT2D eigenvalue weighted by Crippen LogP contribution is -2.19. The fourth-order valence-electron chi connectivity index (χ4n) is 2.07. The highest BCUT2D eigenvalue weighted by atomic mass is 79.9. The summed E-state index contributed by atoms with van der Waals surface area (Å²) < 4.78 is 6.08. The molecule has 2 heterocycles. The van der Waals surface area contributed by atoms with Crippen LogP contribution in [0.25, 0.3) is 0 Å². The maximum Gasteiger partial charge on any atom is 0.271 e. The largest absolute Gasteiger partial charge is 0.493 e. The average Bonchev–Trinajstić information content (AvgIpc) is 2.90. The zero-order valence-corrected chi connectivity index (χ0v) is 12.0. The molecule has 20 heavy (non-hydrogen) atoms. The van der Waals surface area contributed by atoms with E-state index in [-0.39, 0.29) is 17.2 Å². The van der Waals surface area contributed by atoms with E-state index in [2.05, 4.69) is 26.2 Å². The molecular formula is C14H11BrN2O3.